The maximum absolute atomic E-state index is 5.79. The summed E-state index contributed by atoms with van der Waals surface area (Å²) in [5.41, 5.74) is 6.22. The lowest BCUT2D eigenvalue weighted by atomic mass is 10.2. The van der Waals surface area contributed by atoms with E-state index in [1.807, 2.05) is 12.1 Å². The number of halogens is 2. The molecule has 0 unspecified atom stereocenters. The first-order valence-corrected chi connectivity index (χ1v) is 5.23. The molecule has 6 heteroatoms. The third kappa shape index (κ3) is 3.63. The average Bonchev–Trinajstić information content (AvgIpc) is 2.76. The van der Waals surface area contributed by atoms with E-state index in [0.717, 1.165) is 5.56 Å². The standard InChI is InChI=1S/C11H11ClN2O2.ClH/c12-9-3-1-8(2-4-9)10-7-11(14-16-10)15-6-5-13;/h1-4,7H,5-6,13H2;1H. The Morgan fingerprint density at radius 3 is 2.65 bits per heavy atom. The highest BCUT2D eigenvalue weighted by molar-refractivity contribution is 6.30. The van der Waals surface area contributed by atoms with Crippen LogP contribution in [0.15, 0.2) is 34.9 Å². The van der Waals surface area contributed by atoms with E-state index in [9.17, 15) is 0 Å². The molecule has 4 nitrogen and oxygen atoms in total. The molecule has 2 N–H and O–H groups in total. The number of ether oxygens (including phenoxy) is 1. The van der Waals surface area contributed by atoms with Gasteiger partial charge in [-0.3, -0.25) is 0 Å². The van der Waals surface area contributed by atoms with Crippen LogP contribution in [-0.2, 0) is 0 Å². The summed E-state index contributed by atoms with van der Waals surface area (Å²) in [6.45, 7) is 0.871. The maximum atomic E-state index is 5.79. The predicted octanol–water partition coefficient (Wildman–Crippen LogP) is 2.75. The van der Waals surface area contributed by atoms with Gasteiger partial charge >= 0.3 is 0 Å². The predicted molar refractivity (Wildman–Crippen MR) is 68.7 cm³/mol. The van der Waals surface area contributed by atoms with Crippen molar-refractivity contribution >= 4 is 24.0 Å². The minimum absolute atomic E-state index is 0. The van der Waals surface area contributed by atoms with Crippen molar-refractivity contribution in [2.24, 2.45) is 5.73 Å². The van der Waals surface area contributed by atoms with Crippen molar-refractivity contribution in [3.63, 3.8) is 0 Å². The number of hydrogen-bond acceptors (Lipinski definition) is 4. The third-order valence-electron chi connectivity index (χ3n) is 1.99. The summed E-state index contributed by atoms with van der Waals surface area (Å²) in [7, 11) is 0. The molecule has 0 aliphatic heterocycles. The van der Waals surface area contributed by atoms with Crippen LogP contribution in [0.25, 0.3) is 11.3 Å². The summed E-state index contributed by atoms with van der Waals surface area (Å²) in [6, 6.07) is 9.02. The van der Waals surface area contributed by atoms with Crippen LogP contribution >= 0.6 is 24.0 Å². The summed E-state index contributed by atoms with van der Waals surface area (Å²) < 4.78 is 10.4. The topological polar surface area (TPSA) is 61.3 Å². The molecule has 1 heterocycles. The molecule has 92 valence electrons. The molecule has 0 atom stereocenters. The molecule has 1 aromatic carbocycles. The first kappa shape index (κ1) is 13.8. The average molecular weight is 275 g/mol. The Morgan fingerprint density at radius 1 is 1.29 bits per heavy atom. The van der Waals surface area contributed by atoms with Crippen LogP contribution in [0, 0.1) is 0 Å². The van der Waals surface area contributed by atoms with Gasteiger partial charge in [-0.25, -0.2) is 0 Å². The Kier molecular flexibility index (Phi) is 5.28. The van der Waals surface area contributed by atoms with E-state index in [0.29, 0.717) is 29.8 Å². The summed E-state index contributed by atoms with van der Waals surface area (Å²) in [6.07, 6.45) is 0. The van der Waals surface area contributed by atoms with Crippen molar-refractivity contribution in [2.45, 2.75) is 0 Å². The van der Waals surface area contributed by atoms with E-state index < -0.39 is 0 Å². The zero-order valence-corrected chi connectivity index (χ0v) is 10.5. The molecule has 0 bridgehead atoms. The number of hydrogen-bond donors (Lipinski definition) is 1. The number of nitrogens with two attached hydrogens (primary N) is 1. The van der Waals surface area contributed by atoms with Gasteiger partial charge in [-0.1, -0.05) is 11.6 Å². The highest BCUT2D eigenvalue weighted by Gasteiger charge is 2.06. The molecule has 1 aromatic heterocycles. The third-order valence-corrected chi connectivity index (χ3v) is 2.24. The van der Waals surface area contributed by atoms with E-state index in [2.05, 4.69) is 5.16 Å². The van der Waals surface area contributed by atoms with Gasteiger partial charge in [0, 0.05) is 23.2 Å². The van der Waals surface area contributed by atoms with Crippen molar-refractivity contribution in [1.29, 1.82) is 0 Å². The van der Waals surface area contributed by atoms with Crippen LogP contribution in [0.5, 0.6) is 5.88 Å². The Morgan fingerprint density at radius 2 is 2.00 bits per heavy atom. The molecular formula is C11H12Cl2N2O2. The van der Waals surface area contributed by atoms with Crippen LogP contribution < -0.4 is 10.5 Å². The number of rotatable bonds is 4. The van der Waals surface area contributed by atoms with Gasteiger partial charge in [0.25, 0.3) is 5.88 Å². The lowest BCUT2D eigenvalue weighted by molar-refractivity contribution is 0.288. The van der Waals surface area contributed by atoms with Gasteiger partial charge in [0.05, 0.1) is 0 Å². The number of aromatic nitrogens is 1. The van der Waals surface area contributed by atoms with Crippen molar-refractivity contribution in [3.8, 4) is 17.2 Å². The number of nitrogens with zero attached hydrogens (tertiary/aromatic N) is 1. The normalized spacial score (nSPS) is 9.76. The monoisotopic (exact) mass is 274 g/mol. The molecule has 0 saturated heterocycles. The zero-order valence-electron chi connectivity index (χ0n) is 8.93. The zero-order chi connectivity index (χ0) is 11.4. The van der Waals surface area contributed by atoms with Crippen LogP contribution in [0.3, 0.4) is 0 Å². The maximum Gasteiger partial charge on any atom is 0.254 e. The summed E-state index contributed by atoms with van der Waals surface area (Å²) in [5.74, 6) is 1.08. The first-order chi connectivity index (χ1) is 7.79. The summed E-state index contributed by atoms with van der Waals surface area (Å²) >= 11 is 5.79. The summed E-state index contributed by atoms with van der Waals surface area (Å²) in [4.78, 5) is 0. The van der Waals surface area contributed by atoms with Crippen molar-refractivity contribution in [2.75, 3.05) is 13.2 Å². The molecule has 0 saturated carbocycles. The quantitative estimate of drug-likeness (QED) is 0.931. The SMILES string of the molecule is Cl.NCCOc1cc(-c2ccc(Cl)cc2)on1. The lowest BCUT2D eigenvalue weighted by Gasteiger charge is -1.96. The van der Waals surface area contributed by atoms with E-state index >= 15 is 0 Å². The van der Waals surface area contributed by atoms with Crippen LogP contribution in [-0.4, -0.2) is 18.3 Å². The second kappa shape index (κ2) is 6.49. The molecule has 0 amide bonds. The van der Waals surface area contributed by atoms with Gasteiger partial charge in [0.2, 0.25) is 0 Å². The molecule has 0 aliphatic rings. The minimum atomic E-state index is 0. The van der Waals surface area contributed by atoms with Gasteiger partial charge in [0.1, 0.15) is 6.61 Å². The number of benzene rings is 1. The smallest absolute Gasteiger partial charge is 0.254 e. The Labute approximate surface area is 110 Å². The second-order valence-electron chi connectivity index (χ2n) is 3.17. The first-order valence-electron chi connectivity index (χ1n) is 4.85. The van der Waals surface area contributed by atoms with Gasteiger partial charge in [-0.2, -0.15) is 0 Å². The molecule has 0 spiro atoms. The van der Waals surface area contributed by atoms with Crippen molar-refractivity contribution in [3.05, 3.63) is 35.4 Å². The Bertz CT molecular complexity index is 457. The van der Waals surface area contributed by atoms with Crippen LogP contribution in [0.4, 0.5) is 0 Å². The van der Waals surface area contributed by atoms with E-state index in [1.54, 1.807) is 18.2 Å². The molecule has 2 rings (SSSR count). The minimum Gasteiger partial charge on any atom is -0.474 e. The fourth-order valence-electron chi connectivity index (χ4n) is 1.24. The van der Waals surface area contributed by atoms with Crippen molar-refractivity contribution < 1.29 is 9.26 Å². The Balaban J connectivity index is 0.00000144. The lowest BCUT2D eigenvalue weighted by Crippen LogP contribution is -2.10. The molecular weight excluding hydrogens is 263 g/mol. The fourth-order valence-corrected chi connectivity index (χ4v) is 1.37. The molecule has 0 radical (unpaired) electrons. The highest BCUT2D eigenvalue weighted by Crippen LogP contribution is 2.24. The highest BCUT2D eigenvalue weighted by atomic mass is 35.5. The molecule has 0 aliphatic carbocycles. The van der Waals surface area contributed by atoms with Crippen molar-refractivity contribution in [1.82, 2.24) is 5.16 Å². The largest absolute Gasteiger partial charge is 0.474 e. The fraction of sp³-hybridized carbons (Fsp3) is 0.182. The van der Waals surface area contributed by atoms with Crippen LogP contribution in [0.2, 0.25) is 5.02 Å². The van der Waals surface area contributed by atoms with E-state index in [1.165, 1.54) is 0 Å². The van der Waals surface area contributed by atoms with Gasteiger partial charge < -0.3 is 15.0 Å². The molecule has 0 fully saturated rings. The summed E-state index contributed by atoms with van der Waals surface area (Å²) in [5, 5.41) is 4.45. The van der Waals surface area contributed by atoms with E-state index in [4.69, 9.17) is 26.6 Å². The van der Waals surface area contributed by atoms with Crippen LogP contribution in [0.1, 0.15) is 0 Å². The molecule has 2 aromatic rings. The van der Waals surface area contributed by atoms with Gasteiger partial charge in [0.15, 0.2) is 5.76 Å². The van der Waals surface area contributed by atoms with E-state index in [-0.39, 0.29) is 12.4 Å². The van der Waals surface area contributed by atoms with Gasteiger partial charge in [-0.15, -0.1) is 12.4 Å². The Hall–Kier alpha value is -1.23. The van der Waals surface area contributed by atoms with Gasteiger partial charge in [-0.05, 0) is 29.4 Å². The molecule has 17 heavy (non-hydrogen) atoms. The second-order valence-corrected chi connectivity index (χ2v) is 3.61.